The van der Waals surface area contributed by atoms with Gasteiger partial charge in [0.2, 0.25) is 0 Å². The second-order valence-corrected chi connectivity index (χ2v) is 4.41. The van der Waals surface area contributed by atoms with Crippen LogP contribution in [-0.2, 0) is 0 Å². The third kappa shape index (κ3) is 3.97. The number of hydrogen-bond acceptors (Lipinski definition) is 3. The summed E-state index contributed by atoms with van der Waals surface area (Å²) in [6.45, 7) is 1.95. The minimum atomic E-state index is -0.0869. The Hall–Kier alpha value is -2.06. The van der Waals surface area contributed by atoms with Crippen molar-refractivity contribution in [2.45, 2.75) is 19.3 Å². The Morgan fingerprint density at radius 2 is 2.21 bits per heavy atom. The Balaban J connectivity index is 1.99. The van der Waals surface area contributed by atoms with Gasteiger partial charge in [0.25, 0.3) is 0 Å². The molecule has 0 atom stereocenters. The summed E-state index contributed by atoms with van der Waals surface area (Å²) in [6.07, 6.45) is 4.98. The number of amides is 2. The largest absolute Gasteiger partial charge is 0.325 e. The number of hydrogen-bond donors (Lipinski definition) is 2. The molecule has 100 valence electrons. The third-order valence-corrected chi connectivity index (χ3v) is 2.97. The molecule has 2 rings (SSSR count). The molecule has 2 amide bonds. The molecule has 3 N–H and O–H groups in total. The molecule has 5 nitrogen and oxygen atoms in total. The number of urea groups is 1. The third-order valence-electron chi connectivity index (χ3n) is 2.97. The molecule has 1 aliphatic rings. The summed E-state index contributed by atoms with van der Waals surface area (Å²) >= 11 is 0. The normalized spacial score (nSPS) is 14.5. The number of likely N-dealkylation sites (tertiary alicyclic amines) is 1. The molecule has 1 aliphatic heterocycles. The van der Waals surface area contributed by atoms with E-state index in [1.165, 1.54) is 6.42 Å². The van der Waals surface area contributed by atoms with Crippen molar-refractivity contribution in [3.8, 4) is 11.8 Å². The highest BCUT2D eigenvalue weighted by Crippen LogP contribution is 2.11. The number of carbonyl (C=O) groups is 1. The zero-order chi connectivity index (χ0) is 13.5. The van der Waals surface area contributed by atoms with Crippen molar-refractivity contribution >= 4 is 11.8 Å². The Morgan fingerprint density at radius 1 is 1.42 bits per heavy atom. The number of nitrogens with zero attached hydrogens (tertiary/aromatic N) is 2. The summed E-state index contributed by atoms with van der Waals surface area (Å²) < 4.78 is 0. The summed E-state index contributed by atoms with van der Waals surface area (Å²) in [5.74, 6) is 6.22. The van der Waals surface area contributed by atoms with Crippen molar-refractivity contribution in [3.05, 3.63) is 23.9 Å². The lowest BCUT2D eigenvalue weighted by molar-refractivity contribution is 0.200. The van der Waals surface area contributed by atoms with Gasteiger partial charge in [-0.1, -0.05) is 11.8 Å². The van der Waals surface area contributed by atoms with Crippen molar-refractivity contribution in [1.29, 1.82) is 0 Å². The zero-order valence-electron chi connectivity index (χ0n) is 10.9. The summed E-state index contributed by atoms with van der Waals surface area (Å²) in [4.78, 5) is 18.0. The lowest BCUT2D eigenvalue weighted by Crippen LogP contribution is -2.38. The van der Waals surface area contributed by atoms with Gasteiger partial charge in [0.15, 0.2) is 0 Å². The van der Waals surface area contributed by atoms with Crippen LogP contribution in [0.2, 0.25) is 0 Å². The quantitative estimate of drug-likeness (QED) is 0.748. The maximum Gasteiger partial charge on any atom is 0.323 e. The Labute approximate surface area is 113 Å². The first kappa shape index (κ1) is 13.4. The molecule has 0 spiro atoms. The maximum absolute atomic E-state index is 12.0. The van der Waals surface area contributed by atoms with E-state index in [4.69, 9.17) is 5.73 Å². The minimum absolute atomic E-state index is 0.0869. The molecule has 0 unspecified atom stereocenters. The first-order valence-electron chi connectivity index (χ1n) is 6.50. The van der Waals surface area contributed by atoms with E-state index < -0.39 is 0 Å². The molecular weight excluding hydrogens is 240 g/mol. The summed E-state index contributed by atoms with van der Waals surface area (Å²) in [6, 6.07) is 3.46. The van der Waals surface area contributed by atoms with Gasteiger partial charge in [0.1, 0.15) is 5.82 Å². The number of anilines is 1. The number of aromatic nitrogens is 1. The molecule has 19 heavy (non-hydrogen) atoms. The van der Waals surface area contributed by atoms with Crippen LogP contribution in [0.5, 0.6) is 0 Å². The van der Waals surface area contributed by atoms with Crippen LogP contribution in [0.25, 0.3) is 0 Å². The topological polar surface area (TPSA) is 71.2 Å². The molecule has 2 heterocycles. The van der Waals surface area contributed by atoms with Crippen molar-refractivity contribution in [2.75, 3.05) is 25.0 Å². The van der Waals surface area contributed by atoms with Crippen molar-refractivity contribution in [3.63, 3.8) is 0 Å². The number of carbonyl (C=O) groups excluding carboxylic acids is 1. The van der Waals surface area contributed by atoms with Gasteiger partial charge in [0, 0.05) is 24.8 Å². The molecule has 1 aromatic rings. The van der Waals surface area contributed by atoms with Crippen LogP contribution in [0.15, 0.2) is 18.3 Å². The Kier molecular flexibility index (Phi) is 4.76. The predicted octanol–water partition coefficient (Wildman–Crippen LogP) is 1.41. The van der Waals surface area contributed by atoms with E-state index in [1.807, 2.05) is 4.90 Å². The van der Waals surface area contributed by atoms with Gasteiger partial charge < -0.3 is 10.6 Å². The van der Waals surface area contributed by atoms with Crippen LogP contribution >= 0.6 is 0 Å². The zero-order valence-corrected chi connectivity index (χ0v) is 10.9. The van der Waals surface area contributed by atoms with Crippen LogP contribution < -0.4 is 11.1 Å². The van der Waals surface area contributed by atoms with Gasteiger partial charge in [-0.2, -0.15) is 0 Å². The van der Waals surface area contributed by atoms with E-state index in [0.717, 1.165) is 31.5 Å². The number of rotatable bonds is 1. The van der Waals surface area contributed by atoms with Gasteiger partial charge in [0.05, 0.1) is 6.54 Å². The van der Waals surface area contributed by atoms with Crippen LogP contribution in [0.3, 0.4) is 0 Å². The fourth-order valence-corrected chi connectivity index (χ4v) is 2.02. The van der Waals surface area contributed by atoms with Crippen molar-refractivity contribution < 1.29 is 4.79 Å². The van der Waals surface area contributed by atoms with Crippen LogP contribution in [0.4, 0.5) is 10.6 Å². The minimum Gasteiger partial charge on any atom is -0.325 e. The first-order valence-corrected chi connectivity index (χ1v) is 6.50. The van der Waals surface area contributed by atoms with E-state index in [0.29, 0.717) is 12.4 Å². The molecule has 0 radical (unpaired) electrons. The van der Waals surface area contributed by atoms with Crippen LogP contribution in [0.1, 0.15) is 24.8 Å². The second kappa shape index (κ2) is 6.76. The smallest absolute Gasteiger partial charge is 0.323 e. The second-order valence-electron chi connectivity index (χ2n) is 4.41. The maximum atomic E-state index is 12.0. The SMILES string of the molecule is NCC#Cc1ccnc(NC(=O)N2CCCCC2)c1. The van der Waals surface area contributed by atoms with E-state index in [9.17, 15) is 4.79 Å². The van der Waals surface area contributed by atoms with Gasteiger partial charge in [-0.05, 0) is 31.4 Å². The monoisotopic (exact) mass is 258 g/mol. The average molecular weight is 258 g/mol. The van der Waals surface area contributed by atoms with E-state index >= 15 is 0 Å². The molecule has 1 aromatic heterocycles. The van der Waals surface area contributed by atoms with Gasteiger partial charge in [-0.3, -0.25) is 5.32 Å². The van der Waals surface area contributed by atoms with Gasteiger partial charge in [-0.25, -0.2) is 9.78 Å². The molecule has 0 aromatic carbocycles. The molecule has 1 saturated heterocycles. The summed E-state index contributed by atoms with van der Waals surface area (Å²) in [7, 11) is 0. The van der Waals surface area contributed by atoms with Gasteiger partial charge in [-0.15, -0.1) is 0 Å². The van der Waals surface area contributed by atoms with Gasteiger partial charge >= 0.3 is 6.03 Å². The van der Waals surface area contributed by atoms with E-state index in [-0.39, 0.29) is 6.03 Å². The average Bonchev–Trinajstić information content (AvgIpc) is 2.46. The lowest BCUT2D eigenvalue weighted by atomic mass is 10.1. The fraction of sp³-hybridized carbons (Fsp3) is 0.429. The Bertz CT molecular complexity index is 498. The highest BCUT2D eigenvalue weighted by atomic mass is 16.2. The van der Waals surface area contributed by atoms with Crippen molar-refractivity contribution in [2.24, 2.45) is 5.73 Å². The molecule has 0 saturated carbocycles. The number of piperidine rings is 1. The first-order chi connectivity index (χ1) is 9.29. The number of nitrogens with one attached hydrogen (secondary N) is 1. The molecule has 5 heteroatoms. The van der Waals surface area contributed by atoms with E-state index in [1.54, 1.807) is 18.3 Å². The summed E-state index contributed by atoms with van der Waals surface area (Å²) in [5.41, 5.74) is 6.13. The van der Waals surface area contributed by atoms with E-state index in [2.05, 4.69) is 22.1 Å². The highest BCUT2D eigenvalue weighted by molar-refractivity contribution is 5.88. The fourth-order valence-electron chi connectivity index (χ4n) is 2.02. The van der Waals surface area contributed by atoms with Crippen LogP contribution in [-0.4, -0.2) is 35.5 Å². The number of pyridine rings is 1. The summed E-state index contributed by atoms with van der Waals surface area (Å²) in [5, 5.41) is 2.81. The van der Waals surface area contributed by atoms with Crippen molar-refractivity contribution in [1.82, 2.24) is 9.88 Å². The van der Waals surface area contributed by atoms with Crippen LogP contribution in [0, 0.1) is 11.8 Å². The predicted molar refractivity (Wildman–Crippen MR) is 74.6 cm³/mol. The number of nitrogens with two attached hydrogens (primary N) is 1. The molecule has 0 aliphatic carbocycles. The molecular formula is C14H18N4O. The molecule has 0 bridgehead atoms. The Morgan fingerprint density at radius 3 is 2.95 bits per heavy atom. The molecule has 1 fully saturated rings. The lowest BCUT2D eigenvalue weighted by Gasteiger charge is -2.26. The standard InChI is InChI=1S/C14H18N4O/c15-7-4-5-12-6-8-16-13(11-12)17-14(19)18-9-2-1-3-10-18/h6,8,11H,1-3,7,9-10,15H2,(H,16,17,19). The highest BCUT2D eigenvalue weighted by Gasteiger charge is 2.16.